The summed E-state index contributed by atoms with van der Waals surface area (Å²) in [5.74, 6) is 1.18. The Hall–Kier alpha value is -0.280. The summed E-state index contributed by atoms with van der Waals surface area (Å²) in [7, 11) is 0. The van der Waals surface area contributed by atoms with Gasteiger partial charge < -0.3 is 11.1 Å². The summed E-state index contributed by atoms with van der Waals surface area (Å²) in [6, 6.07) is 0.0900. The molecule has 1 unspecified atom stereocenters. The van der Waals surface area contributed by atoms with E-state index in [2.05, 4.69) is 26.1 Å². The first-order chi connectivity index (χ1) is 6.51. The van der Waals surface area contributed by atoms with Crippen LogP contribution in [0.5, 0.6) is 0 Å². The van der Waals surface area contributed by atoms with Gasteiger partial charge in [0.25, 0.3) is 0 Å². The standard InChI is InChI=1S/C11H24N2O.ClH/c1-5-10(8(2)3)6-11(14)13-9(4)7-12;/h8-10H,5-7,12H2,1-4H3,(H,13,14);1H/t9-,10?;/m0./s1. The smallest absolute Gasteiger partial charge is 0.220 e. The highest BCUT2D eigenvalue weighted by molar-refractivity contribution is 5.85. The number of nitrogens with two attached hydrogens (primary N) is 1. The van der Waals surface area contributed by atoms with Crippen molar-refractivity contribution in [2.24, 2.45) is 17.6 Å². The van der Waals surface area contributed by atoms with Crippen LogP contribution in [-0.2, 0) is 4.79 Å². The van der Waals surface area contributed by atoms with E-state index in [1.807, 2.05) is 6.92 Å². The molecule has 0 aromatic rings. The van der Waals surface area contributed by atoms with Gasteiger partial charge in [-0.3, -0.25) is 4.79 Å². The van der Waals surface area contributed by atoms with Crippen LogP contribution in [0.3, 0.4) is 0 Å². The van der Waals surface area contributed by atoms with E-state index >= 15 is 0 Å². The molecule has 0 aromatic heterocycles. The van der Waals surface area contributed by atoms with Gasteiger partial charge in [-0.15, -0.1) is 12.4 Å². The van der Waals surface area contributed by atoms with Gasteiger partial charge in [-0.05, 0) is 18.8 Å². The van der Waals surface area contributed by atoms with E-state index in [1.165, 1.54) is 0 Å². The quantitative estimate of drug-likeness (QED) is 0.741. The molecule has 3 nitrogen and oxygen atoms in total. The van der Waals surface area contributed by atoms with Crippen LogP contribution in [0.2, 0.25) is 0 Å². The van der Waals surface area contributed by atoms with Crippen molar-refractivity contribution in [3.63, 3.8) is 0 Å². The molecule has 0 aliphatic carbocycles. The number of rotatable bonds is 6. The lowest BCUT2D eigenvalue weighted by Crippen LogP contribution is -2.38. The summed E-state index contributed by atoms with van der Waals surface area (Å²) in [5, 5.41) is 2.89. The highest BCUT2D eigenvalue weighted by Crippen LogP contribution is 2.18. The Morgan fingerprint density at radius 1 is 1.33 bits per heavy atom. The van der Waals surface area contributed by atoms with Crippen LogP contribution < -0.4 is 11.1 Å². The number of halogens is 1. The summed E-state index contributed by atoms with van der Waals surface area (Å²) in [6.45, 7) is 8.88. The molecule has 0 bridgehead atoms. The molecule has 3 N–H and O–H groups in total. The Kier molecular flexibility index (Phi) is 10.3. The molecule has 15 heavy (non-hydrogen) atoms. The Balaban J connectivity index is 0. The van der Waals surface area contributed by atoms with Crippen LogP contribution in [-0.4, -0.2) is 18.5 Å². The third-order valence-corrected chi connectivity index (χ3v) is 2.68. The molecule has 0 aliphatic rings. The minimum Gasteiger partial charge on any atom is -0.352 e. The Morgan fingerprint density at radius 2 is 1.87 bits per heavy atom. The van der Waals surface area contributed by atoms with Crippen molar-refractivity contribution in [2.75, 3.05) is 6.54 Å². The number of hydrogen-bond acceptors (Lipinski definition) is 2. The molecular formula is C11H25ClN2O. The second-order valence-electron chi connectivity index (χ2n) is 4.32. The van der Waals surface area contributed by atoms with Crippen molar-refractivity contribution in [1.29, 1.82) is 0 Å². The maximum absolute atomic E-state index is 11.5. The monoisotopic (exact) mass is 236 g/mol. The van der Waals surface area contributed by atoms with Crippen molar-refractivity contribution in [2.45, 2.75) is 46.6 Å². The molecule has 0 heterocycles. The summed E-state index contributed by atoms with van der Waals surface area (Å²) in [6.07, 6.45) is 1.68. The second-order valence-corrected chi connectivity index (χ2v) is 4.32. The van der Waals surface area contributed by atoms with Crippen molar-refractivity contribution >= 4 is 18.3 Å². The minimum atomic E-state index is 0. The summed E-state index contributed by atoms with van der Waals surface area (Å²) < 4.78 is 0. The van der Waals surface area contributed by atoms with Gasteiger partial charge in [0.2, 0.25) is 5.91 Å². The van der Waals surface area contributed by atoms with Crippen LogP contribution in [0.15, 0.2) is 0 Å². The van der Waals surface area contributed by atoms with E-state index < -0.39 is 0 Å². The number of carbonyl (C=O) groups excluding carboxylic acids is 1. The topological polar surface area (TPSA) is 55.1 Å². The zero-order valence-corrected chi connectivity index (χ0v) is 11.1. The van der Waals surface area contributed by atoms with Crippen LogP contribution in [0.25, 0.3) is 0 Å². The first-order valence-corrected chi connectivity index (χ1v) is 5.50. The lowest BCUT2D eigenvalue weighted by molar-refractivity contribution is -0.122. The summed E-state index contributed by atoms with van der Waals surface area (Å²) in [5.41, 5.74) is 5.43. The van der Waals surface area contributed by atoms with Gasteiger partial charge in [-0.25, -0.2) is 0 Å². The van der Waals surface area contributed by atoms with E-state index in [0.29, 0.717) is 24.8 Å². The molecule has 1 amide bonds. The van der Waals surface area contributed by atoms with Gasteiger partial charge in [0.1, 0.15) is 0 Å². The molecule has 0 saturated carbocycles. The summed E-state index contributed by atoms with van der Waals surface area (Å²) >= 11 is 0. The first-order valence-electron chi connectivity index (χ1n) is 5.50. The average molecular weight is 237 g/mol. The molecule has 2 atom stereocenters. The maximum Gasteiger partial charge on any atom is 0.220 e. The largest absolute Gasteiger partial charge is 0.352 e. The van der Waals surface area contributed by atoms with Gasteiger partial charge in [-0.2, -0.15) is 0 Å². The van der Waals surface area contributed by atoms with Crippen molar-refractivity contribution in [3.8, 4) is 0 Å². The lowest BCUT2D eigenvalue weighted by atomic mass is 9.90. The van der Waals surface area contributed by atoms with E-state index in [-0.39, 0.29) is 24.4 Å². The fourth-order valence-electron chi connectivity index (χ4n) is 1.48. The molecule has 0 fully saturated rings. The van der Waals surface area contributed by atoms with Crippen LogP contribution in [0, 0.1) is 11.8 Å². The fraction of sp³-hybridized carbons (Fsp3) is 0.909. The third kappa shape index (κ3) is 7.63. The number of amides is 1. The number of carbonyl (C=O) groups is 1. The number of nitrogens with one attached hydrogen (secondary N) is 1. The predicted molar refractivity (Wildman–Crippen MR) is 67.1 cm³/mol. The molecule has 0 saturated heterocycles. The van der Waals surface area contributed by atoms with Gasteiger partial charge in [0.15, 0.2) is 0 Å². The zero-order valence-electron chi connectivity index (χ0n) is 10.2. The lowest BCUT2D eigenvalue weighted by Gasteiger charge is -2.19. The molecule has 0 rings (SSSR count). The Morgan fingerprint density at radius 3 is 2.20 bits per heavy atom. The number of hydrogen-bond donors (Lipinski definition) is 2. The first kappa shape index (κ1) is 17.1. The third-order valence-electron chi connectivity index (χ3n) is 2.68. The highest BCUT2D eigenvalue weighted by atomic mass is 35.5. The molecular weight excluding hydrogens is 212 g/mol. The minimum absolute atomic E-state index is 0. The highest BCUT2D eigenvalue weighted by Gasteiger charge is 2.16. The maximum atomic E-state index is 11.5. The fourth-order valence-corrected chi connectivity index (χ4v) is 1.48. The Bertz CT molecular complexity index is 174. The van der Waals surface area contributed by atoms with Gasteiger partial charge in [0.05, 0.1) is 0 Å². The van der Waals surface area contributed by atoms with Gasteiger partial charge >= 0.3 is 0 Å². The summed E-state index contributed by atoms with van der Waals surface area (Å²) in [4.78, 5) is 11.5. The molecule has 0 aliphatic heterocycles. The molecule has 0 spiro atoms. The van der Waals surface area contributed by atoms with E-state index in [0.717, 1.165) is 6.42 Å². The van der Waals surface area contributed by atoms with Crippen molar-refractivity contribution in [3.05, 3.63) is 0 Å². The molecule has 0 radical (unpaired) electrons. The van der Waals surface area contributed by atoms with Crippen molar-refractivity contribution < 1.29 is 4.79 Å². The van der Waals surface area contributed by atoms with E-state index in [9.17, 15) is 4.79 Å². The van der Waals surface area contributed by atoms with E-state index in [1.54, 1.807) is 0 Å². The molecule has 0 aromatic carbocycles. The van der Waals surface area contributed by atoms with Crippen LogP contribution >= 0.6 is 12.4 Å². The zero-order chi connectivity index (χ0) is 11.1. The van der Waals surface area contributed by atoms with Gasteiger partial charge in [-0.1, -0.05) is 27.2 Å². The molecule has 92 valence electrons. The predicted octanol–water partition coefficient (Wildman–Crippen LogP) is 1.94. The van der Waals surface area contributed by atoms with Gasteiger partial charge in [0, 0.05) is 19.0 Å². The average Bonchev–Trinajstić information content (AvgIpc) is 2.13. The van der Waals surface area contributed by atoms with Crippen molar-refractivity contribution in [1.82, 2.24) is 5.32 Å². The normalized spacial score (nSPS) is 14.3. The second kappa shape index (κ2) is 8.98. The van der Waals surface area contributed by atoms with Crippen LogP contribution in [0.4, 0.5) is 0 Å². The Labute approximate surface area is 99.6 Å². The molecule has 4 heteroatoms. The van der Waals surface area contributed by atoms with E-state index in [4.69, 9.17) is 5.73 Å². The SMILES string of the molecule is CCC(CC(=O)N[C@@H](C)CN)C(C)C.Cl. The van der Waals surface area contributed by atoms with Crippen LogP contribution in [0.1, 0.15) is 40.5 Å².